The zero-order valence-electron chi connectivity index (χ0n) is 10.7. The fraction of sp³-hybridized carbons (Fsp3) is 0.500. The largest absolute Gasteiger partial charge is 0.380 e. The predicted molar refractivity (Wildman–Crippen MR) is 73.3 cm³/mol. The maximum absolute atomic E-state index is 11.7. The summed E-state index contributed by atoms with van der Waals surface area (Å²) in [5, 5.41) is 7.16. The molecule has 100 valence electrons. The van der Waals surface area contributed by atoms with Crippen LogP contribution in [0.5, 0.6) is 0 Å². The van der Waals surface area contributed by atoms with Gasteiger partial charge in [-0.2, -0.15) is 5.10 Å². The molecule has 18 heavy (non-hydrogen) atoms. The molecule has 0 unspecified atom stereocenters. The van der Waals surface area contributed by atoms with Gasteiger partial charge in [0.2, 0.25) is 0 Å². The number of nitrogens with one attached hydrogen (secondary N) is 1. The van der Waals surface area contributed by atoms with E-state index in [4.69, 9.17) is 16.3 Å². The first-order chi connectivity index (χ1) is 8.56. The van der Waals surface area contributed by atoms with E-state index in [1.165, 1.54) is 4.68 Å². The van der Waals surface area contributed by atoms with Crippen LogP contribution in [0.2, 0.25) is 5.02 Å². The molecule has 6 heteroatoms. The molecule has 1 aromatic rings. The minimum Gasteiger partial charge on any atom is -0.380 e. The quantitative estimate of drug-likeness (QED) is 0.608. The molecule has 1 rings (SSSR count). The molecule has 1 N–H and O–H groups in total. The van der Waals surface area contributed by atoms with Crippen molar-refractivity contribution in [3.05, 3.63) is 33.7 Å². The number of aryl methyl sites for hydroxylation is 1. The van der Waals surface area contributed by atoms with Crippen molar-refractivity contribution in [3.8, 4) is 0 Å². The van der Waals surface area contributed by atoms with Gasteiger partial charge in [-0.05, 0) is 13.8 Å². The van der Waals surface area contributed by atoms with Crippen molar-refractivity contribution in [2.24, 2.45) is 0 Å². The maximum Gasteiger partial charge on any atom is 0.287 e. The third-order valence-electron chi connectivity index (χ3n) is 2.19. The molecule has 0 saturated carbocycles. The zero-order chi connectivity index (χ0) is 13.5. The molecular formula is C12H18ClN3O2. The lowest BCUT2D eigenvalue weighted by atomic mass is 10.4. The Morgan fingerprint density at radius 2 is 2.39 bits per heavy atom. The van der Waals surface area contributed by atoms with Gasteiger partial charge in [0.1, 0.15) is 5.02 Å². The molecule has 0 fully saturated rings. The molecule has 0 aliphatic carbocycles. The molecule has 0 radical (unpaired) electrons. The fourth-order valence-corrected chi connectivity index (χ4v) is 1.53. The van der Waals surface area contributed by atoms with Crippen LogP contribution >= 0.6 is 11.6 Å². The van der Waals surface area contributed by atoms with Crippen LogP contribution in [0.4, 0.5) is 5.69 Å². The summed E-state index contributed by atoms with van der Waals surface area (Å²) in [5.74, 6) is 0. The van der Waals surface area contributed by atoms with Crippen LogP contribution in [-0.2, 0) is 11.3 Å². The van der Waals surface area contributed by atoms with E-state index in [2.05, 4.69) is 17.0 Å². The van der Waals surface area contributed by atoms with Gasteiger partial charge < -0.3 is 10.1 Å². The molecule has 1 aromatic heterocycles. The average molecular weight is 272 g/mol. The Morgan fingerprint density at radius 3 is 3.00 bits per heavy atom. The Bertz CT molecular complexity index is 471. The van der Waals surface area contributed by atoms with E-state index in [-0.39, 0.29) is 10.6 Å². The summed E-state index contributed by atoms with van der Waals surface area (Å²) < 4.78 is 6.63. The van der Waals surface area contributed by atoms with E-state index < -0.39 is 0 Å². The minimum absolute atomic E-state index is 0.159. The van der Waals surface area contributed by atoms with Crippen LogP contribution < -0.4 is 10.9 Å². The Hall–Kier alpha value is -1.33. The predicted octanol–water partition coefficient (Wildman–Crippen LogP) is 1.92. The van der Waals surface area contributed by atoms with Crippen LogP contribution in [0.3, 0.4) is 0 Å². The maximum atomic E-state index is 11.7. The Morgan fingerprint density at radius 1 is 1.67 bits per heavy atom. The summed E-state index contributed by atoms with van der Waals surface area (Å²) in [6.45, 7) is 9.58. The lowest BCUT2D eigenvalue weighted by Crippen LogP contribution is -2.24. The molecular weight excluding hydrogens is 254 g/mol. The summed E-state index contributed by atoms with van der Waals surface area (Å²) in [5.41, 5.74) is 1.22. The molecule has 0 atom stereocenters. The van der Waals surface area contributed by atoms with Gasteiger partial charge in [0.05, 0.1) is 25.1 Å². The molecule has 0 aromatic carbocycles. The number of hydrogen-bond acceptors (Lipinski definition) is 4. The van der Waals surface area contributed by atoms with E-state index in [0.29, 0.717) is 32.0 Å². The molecule has 0 aliphatic rings. The number of hydrogen-bond donors (Lipinski definition) is 1. The van der Waals surface area contributed by atoms with Crippen molar-refractivity contribution in [3.63, 3.8) is 0 Å². The lowest BCUT2D eigenvalue weighted by Gasteiger charge is -2.09. The standard InChI is InChI=1S/C12H18ClN3O2/c1-4-16-12(17)11(13)10(7-15-16)14-5-6-18-8-9(2)3/h7,14H,2,4-6,8H2,1,3H3. The molecule has 5 nitrogen and oxygen atoms in total. The minimum atomic E-state index is -0.285. The highest BCUT2D eigenvalue weighted by Gasteiger charge is 2.07. The van der Waals surface area contributed by atoms with Gasteiger partial charge in [-0.3, -0.25) is 4.79 Å². The molecule has 0 aliphatic heterocycles. The summed E-state index contributed by atoms with van der Waals surface area (Å²) in [6.07, 6.45) is 1.55. The first-order valence-corrected chi connectivity index (χ1v) is 6.15. The van der Waals surface area contributed by atoms with Crippen LogP contribution in [0.1, 0.15) is 13.8 Å². The number of rotatable bonds is 7. The van der Waals surface area contributed by atoms with Crippen molar-refractivity contribution < 1.29 is 4.74 Å². The van der Waals surface area contributed by atoms with Crippen molar-refractivity contribution in [2.45, 2.75) is 20.4 Å². The van der Waals surface area contributed by atoms with E-state index >= 15 is 0 Å². The molecule has 0 spiro atoms. The summed E-state index contributed by atoms with van der Waals surface area (Å²) >= 11 is 5.95. The second kappa shape index (κ2) is 7.18. The molecule has 0 bridgehead atoms. The topological polar surface area (TPSA) is 56.1 Å². The zero-order valence-corrected chi connectivity index (χ0v) is 11.5. The Kier molecular flexibility index (Phi) is 5.88. The van der Waals surface area contributed by atoms with Crippen LogP contribution in [-0.4, -0.2) is 29.5 Å². The molecule has 0 saturated heterocycles. The van der Waals surface area contributed by atoms with Gasteiger partial charge in [0.15, 0.2) is 0 Å². The second-order valence-corrected chi connectivity index (χ2v) is 4.31. The van der Waals surface area contributed by atoms with E-state index in [0.717, 1.165) is 5.57 Å². The van der Waals surface area contributed by atoms with E-state index in [1.54, 1.807) is 6.20 Å². The Labute approximate surface area is 111 Å². The highest BCUT2D eigenvalue weighted by Crippen LogP contribution is 2.14. The molecule has 0 amide bonds. The number of ether oxygens (including phenoxy) is 1. The highest BCUT2D eigenvalue weighted by molar-refractivity contribution is 6.32. The van der Waals surface area contributed by atoms with Crippen molar-refractivity contribution >= 4 is 17.3 Å². The smallest absolute Gasteiger partial charge is 0.287 e. The van der Waals surface area contributed by atoms with Gasteiger partial charge >= 0.3 is 0 Å². The van der Waals surface area contributed by atoms with E-state index in [1.807, 2.05) is 13.8 Å². The lowest BCUT2D eigenvalue weighted by molar-refractivity contribution is 0.167. The fourth-order valence-electron chi connectivity index (χ4n) is 1.32. The third-order valence-corrected chi connectivity index (χ3v) is 2.56. The van der Waals surface area contributed by atoms with Gasteiger partial charge in [0, 0.05) is 13.1 Å². The Balaban J connectivity index is 2.51. The number of nitrogens with zero attached hydrogens (tertiary/aromatic N) is 2. The number of halogens is 1. The monoisotopic (exact) mass is 271 g/mol. The van der Waals surface area contributed by atoms with Crippen LogP contribution in [0, 0.1) is 0 Å². The second-order valence-electron chi connectivity index (χ2n) is 3.93. The average Bonchev–Trinajstić information content (AvgIpc) is 2.33. The van der Waals surface area contributed by atoms with Crippen molar-refractivity contribution in [2.75, 3.05) is 25.1 Å². The number of aromatic nitrogens is 2. The van der Waals surface area contributed by atoms with Crippen molar-refractivity contribution in [1.82, 2.24) is 9.78 Å². The summed E-state index contributed by atoms with van der Waals surface area (Å²) in [4.78, 5) is 11.7. The first-order valence-electron chi connectivity index (χ1n) is 5.77. The van der Waals surface area contributed by atoms with Gasteiger partial charge in [-0.1, -0.05) is 23.8 Å². The molecule has 1 heterocycles. The highest BCUT2D eigenvalue weighted by atomic mass is 35.5. The van der Waals surface area contributed by atoms with Gasteiger partial charge in [0.25, 0.3) is 5.56 Å². The summed E-state index contributed by atoms with van der Waals surface area (Å²) in [6, 6.07) is 0. The summed E-state index contributed by atoms with van der Waals surface area (Å²) in [7, 11) is 0. The van der Waals surface area contributed by atoms with Gasteiger partial charge in [-0.15, -0.1) is 0 Å². The number of anilines is 1. The normalized spacial score (nSPS) is 10.4. The van der Waals surface area contributed by atoms with Crippen LogP contribution in [0.15, 0.2) is 23.1 Å². The van der Waals surface area contributed by atoms with E-state index in [9.17, 15) is 4.79 Å². The third kappa shape index (κ3) is 4.16. The SMILES string of the molecule is C=C(C)COCCNc1cnn(CC)c(=O)c1Cl. The van der Waals surface area contributed by atoms with Crippen molar-refractivity contribution in [1.29, 1.82) is 0 Å². The van der Waals surface area contributed by atoms with Crippen LogP contribution in [0.25, 0.3) is 0 Å². The van der Waals surface area contributed by atoms with Gasteiger partial charge in [-0.25, -0.2) is 4.68 Å². The first kappa shape index (κ1) is 14.7.